The molecule has 0 amide bonds. The average Bonchev–Trinajstić information content (AvgIpc) is 3.44. The van der Waals surface area contributed by atoms with Gasteiger partial charge in [0.2, 0.25) is 15.8 Å². The predicted molar refractivity (Wildman–Crippen MR) is 101 cm³/mol. The van der Waals surface area contributed by atoms with Crippen LogP contribution in [0.1, 0.15) is 24.0 Å². The van der Waals surface area contributed by atoms with Crippen molar-refractivity contribution in [2.45, 2.75) is 30.6 Å². The van der Waals surface area contributed by atoms with Crippen molar-refractivity contribution in [3.05, 3.63) is 41.6 Å². The van der Waals surface area contributed by atoms with E-state index in [4.69, 9.17) is 4.74 Å². The number of nitriles is 1. The van der Waals surface area contributed by atoms with Gasteiger partial charge in [-0.2, -0.15) is 24.8 Å². The summed E-state index contributed by atoms with van der Waals surface area (Å²) < 4.78 is 30.9. The van der Waals surface area contributed by atoms with E-state index in [9.17, 15) is 13.7 Å². The van der Waals surface area contributed by atoms with Crippen molar-refractivity contribution in [1.82, 2.24) is 19.6 Å². The average molecular weight is 398 g/mol. The molecule has 4 rings (SSSR count). The van der Waals surface area contributed by atoms with E-state index in [-0.39, 0.29) is 22.4 Å². The molecule has 0 aliphatic heterocycles. The maximum absolute atomic E-state index is 12.1. The van der Waals surface area contributed by atoms with Crippen LogP contribution in [0.3, 0.4) is 0 Å². The van der Waals surface area contributed by atoms with Crippen LogP contribution < -0.4 is 9.64 Å². The lowest BCUT2D eigenvalue weighted by Gasteiger charge is -2.24. The zero-order valence-corrected chi connectivity index (χ0v) is 16.2. The highest BCUT2D eigenvalue weighted by Crippen LogP contribution is 2.33. The molecule has 0 spiro atoms. The zero-order chi connectivity index (χ0) is 19.9. The Morgan fingerprint density at radius 3 is 2.57 bits per heavy atom. The number of benzene rings is 1. The number of rotatable bonds is 6. The molecule has 1 fully saturated rings. The van der Waals surface area contributed by atoms with E-state index in [1.54, 1.807) is 7.11 Å². The van der Waals surface area contributed by atoms with Gasteiger partial charge in [0.25, 0.3) is 5.16 Å². The largest absolute Gasteiger partial charge is 0.497 e. The van der Waals surface area contributed by atoms with E-state index in [1.165, 1.54) is 10.7 Å². The lowest BCUT2D eigenvalue weighted by molar-refractivity contribution is 0.414. The topological polar surface area (TPSA) is 113 Å². The molecule has 1 saturated carbocycles. The van der Waals surface area contributed by atoms with Crippen molar-refractivity contribution in [3.63, 3.8) is 0 Å². The van der Waals surface area contributed by atoms with E-state index >= 15 is 0 Å². The summed E-state index contributed by atoms with van der Waals surface area (Å²) in [4.78, 5) is 10.4. The van der Waals surface area contributed by atoms with Crippen molar-refractivity contribution >= 4 is 21.4 Å². The Kier molecular flexibility index (Phi) is 4.39. The number of hydrogen-bond donors (Lipinski definition) is 0. The molecule has 28 heavy (non-hydrogen) atoms. The maximum Gasteiger partial charge on any atom is 0.252 e. The Bertz CT molecular complexity index is 1180. The molecule has 2 heterocycles. The fraction of sp³-hybridized carbons (Fsp3) is 0.333. The molecule has 9 nitrogen and oxygen atoms in total. The Hall–Kier alpha value is -3.19. The molecule has 144 valence electrons. The van der Waals surface area contributed by atoms with Gasteiger partial charge in [0, 0.05) is 18.8 Å². The summed E-state index contributed by atoms with van der Waals surface area (Å²) in [5.74, 6) is 1.13. The Morgan fingerprint density at radius 1 is 1.29 bits per heavy atom. The third-order valence-electron chi connectivity index (χ3n) is 4.54. The quantitative estimate of drug-likeness (QED) is 0.615. The van der Waals surface area contributed by atoms with Gasteiger partial charge in [-0.05, 0) is 30.5 Å². The molecule has 0 saturated heterocycles. The first-order valence-electron chi connectivity index (χ1n) is 8.66. The van der Waals surface area contributed by atoms with Gasteiger partial charge in [-0.25, -0.2) is 8.42 Å². The Balaban J connectivity index is 1.84. The number of sulfone groups is 1. The number of hydrogen-bond acceptors (Lipinski definition) is 8. The SMILES string of the molecule is COc1ccc(CN(c2nc(S(C)(=O)=O)nc3c(C#N)cnn23)C2CC2)cc1. The first-order chi connectivity index (χ1) is 13.4. The van der Waals surface area contributed by atoms with Crippen molar-refractivity contribution in [3.8, 4) is 11.8 Å². The van der Waals surface area contributed by atoms with Crippen LogP contribution >= 0.6 is 0 Å². The van der Waals surface area contributed by atoms with E-state index in [0.717, 1.165) is 30.4 Å². The fourth-order valence-corrected chi connectivity index (χ4v) is 3.45. The minimum absolute atomic E-state index is 0.188. The molecule has 3 aromatic rings. The van der Waals surface area contributed by atoms with Gasteiger partial charge in [-0.3, -0.25) is 0 Å². The molecule has 1 aliphatic rings. The molecule has 2 aromatic heterocycles. The summed E-state index contributed by atoms with van der Waals surface area (Å²) in [5, 5.41) is 13.2. The van der Waals surface area contributed by atoms with Gasteiger partial charge in [-0.15, -0.1) is 0 Å². The van der Waals surface area contributed by atoms with Crippen molar-refractivity contribution in [2.75, 3.05) is 18.3 Å². The van der Waals surface area contributed by atoms with Crippen LogP contribution in [-0.4, -0.2) is 47.4 Å². The number of fused-ring (bicyclic) bond motifs is 1. The summed E-state index contributed by atoms with van der Waals surface area (Å²) in [6.07, 6.45) is 4.37. The van der Waals surface area contributed by atoms with E-state index in [1.807, 2.05) is 35.2 Å². The van der Waals surface area contributed by atoms with Crippen molar-refractivity contribution in [1.29, 1.82) is 5.26 Å². The monoisotopic (exact) mass is 398 g/mol. The highest BCUT2D eigenvalue weighted by Gasteiger charge is 2.33. The lowest BCUT2D eigenvalue weighted by Crippen LogP contribution is -2.29. The van der Waals surface area contributed by atoms with Crippen LogP contribution in [0.15, 0.2) is 35.6 Å². The van der Waals surface area contributed by atoms with Gasteiger partial charge in [0.05, 0.1) is 13.3 Å². The molecule has 0 atom stereocenters. The third kappa shape index (κ3) is 3.36. The van der Waals surface area contributed by atoms with Gasteiger partial charge in [0.1, 0.15) is 17.4 Å². The molecular formula is C18H18N6O3S. The third-order valence-corrected chi connectivity index (χ3v) is 5.38. The molecule has 0 unspecified atom stereocenters. The summed E-state index contributed by atoms with van der Waals surface area (Å²) in [7, 11) is -2.04. The van der Waals surface area contributed by atoms with E-state index in [0.29, 0.717) is 12.5 Å². The van der Waals surface area contributed by atoms with Crippen LogP contribution in [-0.2, 0) is 16.4 Å². The van der Waals surface area contributed by atoms with Crippen LogP contribution in [0.4, 0.5) is 5.95 Å². The molecule has 1 aromatic carbocycles. The van der Waals surface area contributed by atoms with Gasteiger partial charge in [0.15, 0.2) is 5.65 Å². The molecular weight excluding hydrogens is 380 g/mol. The number of aromatic nitrogens is 4. The van der Waals surface area contributed by atoms with Crippen LogP contribution in [0.2, 0.25) is 0 Å². The van der Waals surface area contributed by atoms with Crippen molar-refractivity contribution in [2.24, 2.45) is 0 Å². The summed E-state index contributed by atoms with van der Waals surface area (Å²) in [6, 6.07) is 9.88. The predicted octanol–water partition coefficient (Wildman–Crippen LogP) is 1.58. The second kappa shape index (κ2) is 6.76. The molecule has 0 radical (unpaired) electrons. The van der Waals surface area contributed by atoms with Gasteiger partial charge >= 0.3 is 0 Å². The fourth-order valence-electron chi connectivity index (χ4n) is 2.95. The number of methoxy groups -OCH3 is 1. The van der Waals surface area contributed by atoms with E-state index in [2.05, 4.69) is 15.1 Å². The normalized spacial score (nSPS) is 14.0. The summed E-state index contributed by atoms with van der Waals surface area (Å²) >= 11 is 0. The first kappa shape index (κ1) is 18.2. The molecule has 10 heteroatoms. The van der Waals surface area contributed by atoms with Crippen molar-refractivity contribution < 1.29 is 13.2 Å². The zero-order valence-electron chi connectivity index (χ0n) is 15.4. The van der Waals surface area contributed by atoms with Crippen LogP contribution in [0.5, 0.6) is 5.75 Å². The smallest absolute Gasteiger partial charge is 0.252 e. The Labute approximate surface area is 162 Å². The standard InChI is InChI=1S/C18H18N6O3S/c1-27-15-7-3-12(4-8-15)11-23(14-5-6-14)18-22-17(28(2,25)26)21-16-13(9-19)10-20-24(16)18/h3-4,7-8,10,14H,5-6,11H2,1-2H3. The highest BCUT2D eigenvalue weighted by molar-refractivity contribution is 7.90. The first-order valence-corrected chi connectivity index (χ1v) is 10.6. The molecule has 1 aliphatic carbocycles. The number of ether oxygens (including phenoxy) is 1. The lowest BCUT2D eigenvalue weighted by atomic mass is 10.2. The minimum Gasteiger partial charge on any atom is -0.497 e. The number of nitrogens with zero attached hydrogens (tertiary/aromatic N) is 6. The summed E-state index contributed by atoms with van der Waals surface area (Å²) in [6.45, 7) is 0.520. The van der Waals surface area contributed by atoms with Gasteiger partial charge < -0.3 is 9.64 Å². The maximum atomic E-state index is 12.1. The highest BCUT2D eigenvalue weighted by atomic mass is 32.2. The second-order valence-electron chi connectivity index (χ2n) is 6.69. The molecule has 0 N–H and O–H groups in total. The molecule has 0 bridgehead atoms. The van der Waals surface area contributed by atoms with Crippen LogP contribution in [0.25, 0.3) is 5.65 Å². The van der Waals surface area contributed by atoms with Crippen LogP contribution in [0, 0.1) is 11.3 Å². The van der Waals surface area contributed by atoms with Gasteiger partial charge in [-0.1, -0.05) is 12.1 Å². The second-order valence-corrected chi connectivity index (χ2v) is 8.60. The number of anilines is 1. The van der Waals surface area contributed by atoms with E-state index < -0.39 is 9.84 Å². The summed E-state index contributed by atoms with van der Waals surface area (Å²) in [5.41, 5.74) is 1.41. The minimum atomic E-state index is -3.66. The Morgan fingerprint density at radius 2 is 2.00 bits per heavy atom.